The van der Waals surface area contributed by atoms with Gasteiger partial charge in [-0.3, -0.25) is 0 Å². The fourth-order valence-electron chi connectivity index (χ4n) is 3.08. The second-order valence-electron chi connectivity index (χ2n) is 7.27. The number of hydrogen-bond donors (Lipinski definition) is 2. The quantitative estimate of drug-likeness (QED) is 0.284. The molecule has 0 aliphatic heterocycles. The second kappa shape index (κ2) is 13.3. The molecular formula is C23H36O5. The van der Waals surface area contributed by atoms with Crippen LogP contribution >= 0.6 is 0 Å². The molecule has 0 heterocycles. The number of hydrogen-bond acceptors (Lipinski definition) is 5. The third-order valence-electron chi connectivity index (χ3n) is 5.01. The molecule has 1 aromatic carbocycles. The molecule has 158 valence electrons. The summed E-state index contributed by atoms with van der Waals surface area (Å²) in [6.45, 7) is 10.3. The van der Waals surface area contributed by atoms with Crippen molar-refractivity contribution in [3.05, 3.63) is 41.5 Å². The summed E-state index contributed by atoms with van der Waals surface area (Å²) in [5.41, 5.74) is 2.80. The smallest absolute Gasteiger partial charge is 0.333 e. The molecule has 0 saturated carbocycles. The van der Waals surface area contributed by atoms with E-state index < -0.39 is 0 Å². The molecule has 0 aliphatic carbocycles. The third-order valence-corrected chi connectivity index (χ3v) is 5.01. The summed E-state index contributed by atoms with van der Waals surface area (Å²) in [7, 11) is 0. The predicted octanol–water partition coefficient (Wildman–Crippen LogP) is 4.01. The molecule has 5 heteroatoms. The SMILES string of the molecule is C=C(C)C(=O)OCCCc1cc(C(CC)CC)ccc1OCCC(CO)CO. The van der Waals surface area contributed by atoms with Crippen molar-refractivity contribution in [2.24, 2.45) is 5.92 Å². The van der Waals surface area contributed by atoms with Crippen LogP contribution in [-0.4, -0.2) is 42.6 Å². The first-order chi connectivity index (χ1) is 13.5. The van der Waals surface area contributed by atoms with Gasteiger partial charge >= 0.3 is 5.97 Å². The lowest BCUT2D eigenvalue weighted by Gasteiger charge is -2.18. The van der Waals surface area contributed by atoms with Crippen molar-refractivity contribution >= 4 is 5.97 Å². The molecule has 0 saturated heterocycles. The topological polar surface area (TPSA) is 76.0 Å². The maximum atomic E-state index is 11.5. The molecule has 1 aromatic rings. The van der Waals surface area contributed by atoms with Crippen LogP contribution in [0.25, 0.3) is 0 Å². The molecular weight excluding hydrogens is 356 g/mol. The van der Waals surface area contributed by atoms with Crippen molar-refractivity contribution < 1.29 is 24.5 Å². The van der Waals surface area contributed by atoms with Gasteiger partial charge in [0.05, 0.1) is 13.2 Å². The number of aliphatic hydroxyl groups is 2. The maximum absolute atomic E-state index is 11.5. The first kappa shape index (κ1) is 24.2. The van der Waals surface area contributed by atoms with Gasteiger partial charge in [0.25, 0.3) is 0 Å². The highest BCUT2D eigenvalue weighted by Gasteiger charge is 2.13. The van der Waals surface area contributed by atoms with E-state index in [1.165, 1.54) is 5.56 Å². The van der Waals surface area contributed by atoms with E-state index in [2.05, 4.69) is 32.6 Å². The Labute approximate surface area is 169 Å². The number of aryl methyl sites for hydroxylation is 1. The Hall–Kier alpha value is -1.85. The summed E-state index contributed by atoms with van der Waals surface area (Å²) in [6.07, 6.45) is 4.22. The van der Waals surface area contributed by atoms with Crippen LogP contribution in [-0.2, 0) is 16.0 Å². The van der Waals surface area contributed by atoms with Crippen LogP contribution in [0.1, 0.15) is 63.5 Å². The van der Waals surface area contributed by atoms with Crippen LogP contribution in [0, 0.1) is 5.92 Å². The van der Waals surface area contributed by atoms with Crippen LogP contribution in [0.5, 0.6) is 5.75 Å². The van der Waals surface area contributed by atoms with Crippen molar-refractivity contribution in [2.45, 2.75) is 58.8 Å². The summed E-state index contributed by atoms with van der Waals surface area (Å²) in [6, 6.07) is 6.33. The number of ether oxygens (including phenoxy) is 2. The average Bonchev–Trinajstić information content (AvgIpc) is 2.70. The van der Waals surface area contributed by atoms with Gasteiger partial charge in [0.2, 0.25) is 0 Å². The lowest BCUT2D eigenvalue weighted by molar-refractivity contribution is -0.139. The van der Waals surface area contributed by atoms with Gasteiger partial charge in [-0.2, -0.15) is 0 Å². The number of carbonyl (C=O) groups excluding carboxylic acids is 1. The molecule has 0 bridgehead atoms. The highest BCUT2D eigenvalue weighted by Crippen LogP contribution is 2.29. The number of benzene rings is 1. The van der Waals surface area contributed by atoms with E-state index in [4.69, 9.17) is 9.47 Å². The zero-order valence-electron chi connectivity index (χ0n) is 17.6. The molecule has 0 fully saturated rings. The lowest BCUT2D eigenvalue weighted by atomic mass is 9.91. The Morgan fingerprint density at radius 3 is 2.39 bits per heavy atom. The summed E-state index contributed by atoms with van der Waals surface area (Å²) in [5.74, 6) is 0.813. The van der Waals surface area contributed by atoms with Gasteiger partial charge in [-0.1, -0.05) is 32.6 Å². The summed E-state index contributed by atoms with van der Waals surface area (Å²) in [4.78, 5) is 11.5. The Morgan fingerprint density at radius 2 is 1.82 bits per heavy atom. The zero-order valence-corrected chi connectivity index (χ0v) is 17.6. The molecule has 5 nitrogen and oxygen atoms in total. The van der Waals surface area contributed by atoms with Crippen molar-refractivity contribution in [3.8, 4) is 5.75 Å². The van der Waals surface area contributed by atoms with Crippen molar-refractivity contribution in [2.75, 3.05) is 26.4 Å². The minimum absolute atomic E-state index is 0.0472. The minimum atomic E-state index is -0.360. The first-order valence-corrected chi connectivity index (χ1v) is 10.3. The number of esters is 1. The molecule has 1 rings (SSSR count). The molecule has 2 N–H and O–H groups in total. The Kier molecular flexibility index (Phi) is 11.5. The van der Waals surface area contributed by atoms with Crippen LogP contribution in [0.3, 0.4) is 0 Å². The van der Waals surface area contributed by atoms with E-state index in [1.54, 1.807) is 6.92 Å². The molecule has 0 radical (unpaired) electrons. The van der Waals surface area contributed by atoms with Gasteiger partial charge in [0.15, 0.2) is 0 Å². The average molecular weight is 393 g/mol. The highest BCUT2D eigenvalue weighted by atomic mass is 16.5. The second-order valence-corrected chi connectivity index (χ2v) is 7.27. The van der Waals surface area contributed by atoms with E-state index in [1.807, 2.05) is 6.07 Å². The van der Waals surface area contributed by atoms with E-state index in [-0.39, 0.29) is 25.1 Å². The molecule has 0 amide bonds. The maximum Gasteiger partial charge on any atom is 0.333 e. The number of rotatable bonds is 14. The molecule has 0 spiro atoms. The Morgan fingerprint density at radius 1 is 1.14 bits per heavy atom. The van der Waals surface area contributed by atoms with Crippen LogP contribution in [0.2, 0.25) is 0 Å². The van der Waals surface area contributed by atoms with E-state index in [0.29, 0.717) is 37.5 Å². The lowest BCUT2D eigenvalue weighted by Crippen LogP contribution is -2.15. The largest absolute Gasteiger partial charge is 0.493 e. The minimum Gasteiger partial charge on any atom is -0.493 e. The van der Waals surface area contributed by atoms with Crippen molar-refractivity contribution in [1.82, 2.24) is 0 Å². The van der Waals surface area contributed by atoms with Gasteiger partial charge < -0.3 is 19.7 Å². The van der Waals surface area contributed by atoms with E-state index in [0.717, 1.165) is 30.6 Å². The Balaban J connectivity index is 2.79. The van der Waals surface area contributed by atoms with E-state index in [9.17, 15) is 15.0 Å². The zero-order chi connectivity index (χ0) is 20.9. The fourth-order valence-corrected chi connectivity index (χ4v) is 3.08. The van der Waals surface area contributed by atoms with Gasteiger partial charge in [0, 0.05) is 24.7 Å². The van der Waals surface area contributed by atoms with Crippen molar-refractivity contribution in [1.29, 1.82) is 0 Å². The molecule has 0 atom stereocenters. The van der Waals surface area contributed by atoms with Gasteiger partial charge in [-0.15, -0.1) is 0 Å². The van der Waals surface area contributed by atoms with Gasteiger partial charge in [-0.05, 0) is 62.1 Å². The standard InChI is InChI=1S/C23H36O5/c1-5-19(6-2)20-9-10-22(27-13-11-18(15-24)16-25)21(14-20)8-7-12-28-23(26)17(3)4/h9-10,14,18-19,24-25H,3,5-8,11-13,15-16H2,1-2,4H3. The number of carbonyl (C=O) groups is 1. The molecule has 28 heavy (non-hydrogen) atoms. The van der Waals surface area contributed by atoms with Crippen LogP contribution < -0.4 is 4.74 Å². The summed E-state index contributed by atoms with van der Waals surface area (Å²) in [5, 5.41) is 18.4. The summed E-state index contributed by atoms with van der Waals surface area (Å²) < 4.78 is 11.1. The Bertz CT molecular complexity index is 603. The van der Waals surface area contributed by atoms with Crippen LogP contribution in [0.15, 0.2) is 30.4 Å². The van der Waals surface area contributed by atoms with Crippen LogP contribution in [0.4, 0.5) is 0 Å². The van der Waals surface area contributed by atoms with Gasteiger partial charge in [0.1, 0.15) is 5.75 Å². The fraction of sp³-hybridized carbons (Fsp3) is 0.609. The third kappa shape index (κ3) is 8.03. The predicted molar refractivity (Wildman–Crippen MR) is 112 cm³/mol. The number of aliphatic hydroxyl groups excluding tert-OH is 2. The monoisotopic (exact) mass is 392 g/mol. The van der Waals surface area contributed by atoms with Crippen molar-refractivity contribution in [3.63, 3.8) is 0 Å². The first-order valence-electron chi connectivity index (χ1n) is 10.3. The van der Waals surface area contributed by atoms with E-state index >= 15 is 0 Å². The normalized spacial score (nSPS) is 11.1. The molecule has 0 unspecified atom stereocenters. The highest BCUT2D eigenvalue weighted by molar-refractivity contribution is 5.86. The molecule has 0 aromatic heterocycles. The van der Waals surface area contributed by atoms with Gasteiger partial charge in [-0.25, -0.2) is 4.79 Å². The summed E-state index contributed by atoms with van der Waals surface area (Å²) >= 11 is 0. The molecule has 0 aliphatic rings.